The van der Waals surface area contributed by atoms with E-state index in [0.717, 1.165) is 26.3 Å². The van der Waals surface area contributed by atoms with E-state index in [1.54, 1.807) is 12.7 Å². The van der Waals surface area contributed by atoms with E-state index in [1.807, 2.05) is 0 Å². The van der Waals surface area contributed by atoms with E-state index in [-0.39, 0.29) is 0 Å². The van der Waals surface area contributed by atoms with Crippen LogP contribution >= 0.6 is 0 Å². The number of rotatable bonds is 6. The molecule has 3 nitrogen and oxygen atoms in total. The molecule has 0 radical (unpaired) electrons. The third kappa shape index (κ3) is 4.57. The second kappa shape index (κ2) is 8.16. The van der Waals surface area contributed by atoms with Gasteiger partial charge in [-0.2, -0.15) is 0 Å². The molecule has 0 spiro atoms. The lowest BCUT2D eigenvalue weighted by atomic mass is 9.75. The third-order valence-electron chi connectivity index (χ3n) is 4.68. The van der Waals surface area contributed by atoms with Crippen molar-refractivity contribution in [2.45, 2.75) is 45.6 Å². The molecule has 4 atom stereocenters. The van der Waals surface area contributed by atoms with Crippen molar-refractivity contribution in [1.29, 1.82) is 0 Å². The predicted octanol–water partition coefficient (Wildman–Crippen LogP) is 3.01. The molecule has 0 saturated carbocycles. The first kappa shape index (κ1) is 16.0. The molecule has 4 unspecified atom stereocenters. The average Bonchev–Trinajstić information content (AvgIpc) is 2.43. The first-order chi connectivity index (χ1) is 9.70. The largest absolute Gasteiger partial charge is 0.383 e. The van der Waals surface area contributed by atoms with Gasteiger partial charge in [-0.3, -0.25) is 0 Å². The lowest BCUT2D eigenvalue weighted by molar-refractivity contribution is -0.0650. The maximum atomic E-state index is 6.19. The van der Waals surface area contributed by atoms with E-state index in [4.69, 9.17) is 9.47 Å². The van der Waals surface area contributed by atoms with Gasteiger partial charge in [-0.1, -0.05) is 18.6 Å². The predicted molar refractivity (Wildman–Crippen MR) is 82.9 cm³/mol. The summed E-state index contributed by atoms with van der Waals surface area (Å²) < 4.78 is 11.3. The van der Waals surface area contributed by atoms with Crippen molar-refractivity contribution >= 4 is 0 Å². The average molecular weight is 281 g/mol. The van der Waals surface area contributed by atoms with E-state index in [2.05, 4.69) is 25.2 Å². The van der Waals surface area contributed by atoms with Gasteiger partial charge in [0.25, 0.3) is 0 Å². The van der Waals surface area contributed by atoms with Crippen LogP contribution in [-0.2, 0) is 9.47 Å². The smallest absolute Gasteiger partial charge is 0.0646 e. The van der Waals surface area contributed by atoms with Crippen LogP contribution in [-0.4, -0.2) is 39.5 Å². The fraction of sp³-hybridized carbons (Fsp3) is 0.882. The Morgan fingerprint density at radius 3 is 3.05 bits per heavy atom. The summed E-state index contributed by atoms with van der Waals surface area (Å²) in [6, 6.07) is 0. The molecule has 0 bridgehead atoms. The number of methoxy groups -OCH3 is 1. The van der Waals surface area contributed by atoms with Gasteiger partial charge in [-0.15, -0.1) is 0 Å². The highest BCUT2D eigenvalue weighted by Gasteiger charge is 2.34. The molecule has 1 fully saturated rings. The van der Waals surface area contributed by atoms with Crippen molar-refractivity contribution in [1.82, 2.24) is 5.32 Å². The van der Waals surface area contributed by atoms with Gasteiger partial charge in [0.05, 0.1) is 12.7 Å². The van der Waals surface area contributed by atoms with Crippen molar-refractivity contribution in [3.8, 4) is 0 Å². The van der Waals surface area contributed by atoms with Gasteiger partial charge in [0.2, 0.25) is 0 Å². The van der Waals surface area contributed by atoms with Gasteiger partial charge >= 0.3 is 0 Å². The highest BCUT2D eigenvalue weighted by molar-refractivity contribution is 5.08. The van der Waals surface area contributed by atoms with E-state index < -0.39 is 0 Å². The van der Waals surface area contributed by atoms with Crippen LogP contribution in [0.5, 0.6) is 0 Å². The summed E-state index contributed by atoms with van der Waals surface area (Å²) in [5.41, 5.74) is 1.55. The monoisotopic (exact) mass is 281 g/mol. The van der Waals surface area contributed by atoms with E-state index in [9.17, 15) is 0 Å². The van der Waals surface area contributed by atoms with Gasteiger partial charge < -0.3 is 14.8 Å². The Bertz CT molecular complexity index is 316. The molecule has 1 aliphatic heterocycles. The van der Waals surface area contributed by atoms with Gasteiger partial charge in [0, 0.05) is 26.8 Å². The lowest BCUT2D eigenvalue weighted by Gasteiger charge is -2.40. The number of ether oxygens (including phenoxy) is 2. The number of allylic oxidation sites excluding steroid dienone is 2. The lowest BCUT2D eigenvalue weighted by Crippen LogP contribution is -2.43. The Morgan fingerprint density at radius 1 is 1.45 bits per heavy atom. The van der Waals surface area contributed by atoms with Crippen LogP contribution in [0.3, 0.4) is 0 Å². The maximum absolute atomic E-state index is 6.19. The Hall–Kier alpha value is -0.380. The summed E-state index contributed by atoms with van der Waals surface area (Å²) in [6.45, 7) is 8.37. The van der Waals surface area contributed by atoms with Crippen LogP contribution in [0.25, 0.3) is 0 Å². The Morgan fingerprint density at radius 2 is 2.30 bits per heavy atom. The molecule has 1 saturated heterocycles. The Kier molecular flexibility index (Phi) is 6.53. The van der Waals surface area contributed by atoms with Crippen LogP contribution in [0.1, 0.15) is 39.5 Å². The zero-order valence-electron chi connectivity index (χ0n) is 13.4. The van der Waals surface area contributed by atoms with Gasteiger partial charge in [-0.05, 0) is 50.4 Å². The Balaban J connectivity index is 1.88. The topological polar surface area (TPSA) is 30.5 Å². The highest BCUT2D eigenvalue weighted by atomic mass is 16.5. The minimum atomic E-state index is 0.449. The SMILES string of the molecule is COCCNCC1CCCOC1C1CC(C)=CC(C)C1. The molecule has 0 aromatic heterocycles. The summed E-state index contributed by atoms with van der Waals surface area (Å²) in [5.74, 6) is 2.09. The summed E-state index contributed by atoms with van der Waals surface area (Å²) >= 11 is 0. The first-order valence-corrected chi connectivity index (χ1v) is 8.19. The molecule has 0 aromatic rings. The highest BCUT2D eigenvalue weighted by Crippen LogP contribution is 2.36. The fourth-order valence-electron chi connectivity index (χ4n) is 3.91. The van der Waals surface area contributed by atoms with Crippen molar-refractivity contribution in [2.24, 2.45) is 17.8 Å². The minimum absolute atomic E-state index is 0.449. The number of hydrogen-bond acceptors (Lipinski definition) is 3. The van der Waals surface area contributed by atoms with E-state index in [1.165, 1.54) is 25.7 Å². The molecule has 2 aliphatic rings. The summed E-state index contributed by atoms with van der Waals surface area (Å²) in [5, 5.41) is 3.53. The molecule has 2 rings (SSSR count). The van der Waals surface area contributed by atoms with Crippen LogP contribution in [0.2, 0.25) is 0 Å². The van der Waals surface area contributed by atoms with Crippen molar-refractivity contribution in [2.75, 3.05) is 33.4 Å². The Labute approximate surface area is 124 Å². The standard InChI is InChI=1S/C17H31NO2/c1-13-9-14(2)11-16(10-13)17-15(5-4-7-20-17)12-18-6-8-19-3/h9,13,15-18H,4-8,10-12H2,1-3H3. The van der Waals surface area contributed by atoms with Crippen LogP contribution in [0.4, 0.5) is 0 Å². The van der Waals surface area contributed by atoms with Crippen LogP contribution < -0.4 is 5.32 Å². The molecule has 3 heteroatoms. The maximum Gasteiger partial charge on any atom is 0.0646 e. The molecular formula is C17H31NO2. The molecule has 1 N–H and O–H groups in total. The van der Waals surface area contributed by atoms with Gasteiger partial charge in [0.15, 0.2) is 0 Å². The quantitative estimate of drug-likeness (QED) is 0.600. The second-order valence-electron chi connectivity index (χ2n) is 6.62. The van der Waals surface area contributed by atoms with Crippen molar-refractivity contribution in [3.05, 3.63) is 11.6 Å². The molecule has 1 heterocycles. The normalized spacial score (nSPS) is 34.9. The van der Waals surface area contributed by atoms with Crippen molar-refractivity contribution in [3.63, 3.8) is 0 Å². The summed E-state index contributed by atoms with van der Waals surface area (Å²) in [6.07, 6.45) is 7.92. The van der Waals surface area contributed by atoms with Gasteiger partial charge in [0.1, 0.15) is 0 Å². The number of nitrogens with one attached hydrogen (secondary N) is 1. The minimum Gasteiger partial charge on any atom is -0.383 e. The summed E-state index contributed by atoms with van der Waals surface area (Å²) in [7, 11) is 1.76. The molecule has 116 valence electrons. The number of hydrogen-bond donors (Lipinski definition) is 1. The third-order valence-corrected chi connectivity index (χ3v) is 4.68. The van der Waals surface area contributed by atoms with Crippen molar-refractivity contribution < 1.29 is 9.47 Å². The summed E-state index contributed by atoms with van der Waals surface area (Å²) in [4.78, 5) is 0. The zero-order valence-corrected chi connectivity index (χ0v) is 13.4. The second-order valence-corrected chi connectivity index (χ2v) is 6.62. The molecule has 1 aliphatic carbocycles. The zero-order chi connectivity index (χ0) is 14.4. The first-order valence-electron chi connectivity index (χ1n) is 8.19. The fourth-order valence-corrected chi connectivity index (χ4v) is 3.91. The van der Waals surface area contributed by atoms with Gasteiger partial charge in [-0.25, -0.2) is 0 Å². The molecule has 0 aromatic carbocycles. The van der Waals surface area contributed by atoms with E-state index >= 15 is 0 Å². The van der Waals surface area contributed by atoms with Crippen LogP contribution in [0.15, 0.2) is 11.6 Å². The molecular weight excluding hydrogens is 250 g/mol. The molecule has 20 heavy (non-hydrogen) atoms. The van der Waals surface area contributed by atoms with E-state index in [0.29, 0.717) is 23.9 Å². The van der Waals surface area contributed by atoms with Crippen LogP contribution in [0, 0.1) is 17.8 Å². The molecule has 0 amide bonds.